The maximum atomic E-state index is 12.0. The lowest BCUT2D eigenvalue weighted by atomic mass is 10.2. The number of rotatable bonds is 5. The van der Waals surface area contributed by atoms with E-state index in [0.29, 0.717) is 6.42 Å². The number of nitrogens with zero attached hydrogens (tertiary/aromatic N) is 2. The van der Waals surface area contributed by atoms with Gasteiger partial charge < -0.3 is 9.64 Å². The second-order valence-corrected chi connectivity index (χ2v) is 7.04. The molecule has 0 aromatic carbocycles. The van der Waals surface area contributed by atoms with Crippen molar-refractivity contribution in [2.24, 2.45) is 0 Å². The molecule has 1 rings (SSSR count). The van der Waals surface area contributed by atoms with Crippen molar-refractivity contribution >= 4 is 21.7 Å². The largest absolute Gasteiger partial charge is 0.468 e. The van der Waals surface area contributed by atoms with Crippen molar-refractivity contribution < 1.29 is 22.7 Å². The van der Waals surface area contributed by atoms with Crippen molar-refractivity contribution in [1.29, 1.82) is 0 Å². The van der Waals surface area contributed by atoms with Crippen LogP contribution < -0.4 is 0 Å². The molecule has 1 amide bonds. The van der Waals surface area contributed by atoms with E-state index >= 15 is 0 Å². The Labute approximate surface area is 113 Å². The molecule has 1 heterocycles. The van der Waals surface area contributed by atoms with Gasteiger partial charge in [0.2, 0.25) is 5.91 Å². The van der Waals surface area contributed by atoms with Crippen LogP contribution in [0.3, 0.4) is 0 Å². The van der Waals surface area contributed by atoms with Crippen LogP contribution in [0.25, 0.3) is 0 Å². The Morgan fingerprint density at radius 3 is 2.37 bits per heavy atom. The number of carbonyl (C=O) groups is 2. The number of methoxy groups -OCH3 is 1. The average molecular weight is 292 g/mol. The summed E-state index contributed by atoms with van der Waals surface area (Å²) in [4.78, 5) is 26.0. The van der Waals surface area contributed by atoms with E-state index in [1.165, 1.54) is 16.9 Å². The first-order valence-corrected chi connectivity index (χ1v) is 7.78. The molecular weight excluding hydrogens is 272 g/mol. The van der Waals surface area contributed by atoms with Gasteiger partial charge in [-0.25, -0.2) is 8.42 Å². The van der Waals surface area contributed by atoms with Gasteiger partial charge in [-0.2, -0.15) is 0 Å². The van der Waals surface area contributed by atoms with Gasteiger partial charge in [-0.05, 0) is 13.5 Å². The maximum absolute atomic E-state index is 12.0. The minimum Gasteiger partial charge on any atom is -0.468 e. The van der Waals surface area contributed by atoms with Gasteiger partial charge in [0.05, 0.1) is 31.7 Å². The van der Waals surface area contributed by atoms with Crippen molar-refractivity contribution in [2.45, 2.75) is 12.5 Å². The molecule has 1 saturated heterocycles. The van der Waals surface area contributed by atoms with E-state index in [1.54, 1.807) is 14.1 Å². The number of esters is 1. The standard InChI is InChI=1S/C11H20N2O5S/c1-12(7-11(15)18-3)6-10(14)13(2)9-4-5-19(16,17)8-9/h9H,4-8H2,1-3H3. The van der Waals surface area contributed by atoms with E-state index in [1.807, 2.05) is 0 Å². The van der Waals surface area contributed by atoms with Crippen molar-refractivity contribution in [2.75, 3.05) is 45.8 Å². The molecule has 0 saturated carbocycles. The predicted molar refractivity (Wildman–Crippen MR) is 69.3 cm³/mol. The van der Waals surface area contributed by atoms with E-state index in [0.717, 1.165) is 0 Å². The Balaban J connectivity index is 2.47. The Hall–Kier alpha value is -1.15. The monoisotopic (exact) mass is 292 g/mol. The third-order valence-electron chi connectivity index (χ3n) is 3.18. The molecule has 0 radical (unpaired) electrons. The van der Waals surface area contributed by atoms with E-state index < -0.39 is 15.8 Å². The highest BCUT2D eigenvalue weighted by Crippen LogP contribution is 2.16. The van der Waals surface area contributed by atoms with Gasteiger partial charge in [0.25, 0.3) is 0 Å². The molecule has 0 spiro atoms. The first-order valence-electron chi connectivity index (χ1n) is 5.96. The minimum atomic E-state index is -3.01. The highest BCUT2D eigenvalue weighted by Gasteiger charge is 2.32. The molecule has 1 unspecified atom stereocenters. The van der Waals surface area contributed by atoms with Crippen LogP contribution >= 0.6 is 0 Å². The lowest BCUT2D eigenvalue weighted by Gasteiger charge is -2.25. The molecule has 0 bridgehead atoms. The molecule has 0 N–H and O–H groups in total. The summed E-state index contributed by atoms with van der Waals surface area (Å²) < 4.78 is 27.2. The summed E-state index contributed by atoms with van der Waals surface area (Å²) in [6, 6.07) is -0.260. The Morgan fingerprint density at radius 2 is 1.89 bits per heavy atom. The molecule has 1 aliphatic heterocycles. The van der Waals surface area contributed by atoms with Crippen molar-refractivity contribution in [3.63, 3.8) is 0 Å². The Bertz CT molecular complexity index is 448. The Kier molecular flexibility index (Phi) is 5.30. The Morgan fingerprint density at radius 1 is 1.26 bits per heavy atom. The predicted octanol–water partition coefficient (Wildman–Crippen LogP) is -1.26. The van der Waals surface area contributed by atoms with E-state index in [-0.39, 0.29) is 36.5 Å². The van der Waals surface area contributed by atoms with Crippen LogP contribution in [-0.2, 0) is 24.2 Å². The summed E-state index contributed by atoms with van der Waals surface area (Å²) in [5, 5.41) is 0. The molecule has 7 nitrogen and oxygen atoms in total. The number of ether oxygens (including phenoxy) is 1. The zero-order valence-electron chi connectivity index (χ0n) is 11.5. The molecule has 0 aromatic rings. The van der Waals surface area contributed by atoms with Crippen LogP contribution in [-0.4, -0.2) is 81.9 Å². The van der Waals surface area contributed by atoms with Gasteiger partial charge >= 0.3 is 5.97 Å². The SMILES string of the molecule is COC(=O)CN(C)CC(=O)N(C)C1CCS(=O)(=O)C1. The first kappa shape index (κ1) is 15.9. The first-order chi connectivity index (χ1) is 8.75. The highest BCUT2D eigenvalue weighted by molar-refractivity contribution is 7.91. The summed E-state index contributed by atoms with van der Waals surface area (Å²) >= 11 is 0. The molecule has 19 heavy (non-hydrogen) atoms. The molecule has 0 aliphatic carbocycles. The molecule has 8 heteroatoms. The third-order valence-corrected chi connectivity index (χ3v) is 4.93. The van der Waals surface area contributed by atoms with Crippen LogP contribution in [0, 0.1) is 0 Å². The zero-order valence-corrected chi connectivity index (χ0v) is 12.3. The lowest BCUT2D eigenvalue weighted by molar-refractivity contribution is -0.142. The number of carbonyl (C=O) groups excluding carboxylic acids is 2. The zero-order chi connectivity index (χ0) is 14.6. The van der Waals surface area contributed by atoms with Gasteiger partial charge in [0.1, 0.15) is 0 Å². The fourth-order valence-corrected chi connectivity index (χ4v) is 3.74. The fourth-order valence-electron chi connectivity index (χ4n) is 1.97. The molecule has 110 valence electrons. The summed E-state index contributed by atoms with van der Waals surface area (Å²) in [7, 11) is 1.51. The van der Waals surface area contributed by atoms with Crippen LogP contribution in [0.4, 0.5) is 0 Å². The smallest absolute Gasteiger partial charge is 0.319 e. The number of hydrogen-bond donors (Lipinski definition) is 0. The second kappa shape index (κ2) is 6.33. The highest BCUT2D eigenvalue weighted by atomic mass is 32.2. The summed E-state index contributed by atoms with van der Waals surface area (Å²) in [5.41, 5.74) is 0. The fraction of sp³-hybridized carbons (Fsp3) is 0.818. The average Bonchev–Trinajstić information content (AvgIpc) is 2.68. The minimum absolute atomic E-state index is 0.0238. The van der Waals surface area contributed by atoms with Crippen LogP contribution in [0.2, 0.25) is 0 Å². The van der Waals surface area contributed by atoms with Gasteiger partial charge in [0, 0.05) is 13.1 Å². The van der Waals surface area contributed by atoms with Crippen molar-refractivity contribution in [1.82, 2.24) is 9.80 Å². The number of amides is 1. The summed E-state index contributed by atoms with van der Waals surface area (Å²) in [6.45, 7) is 0.0845. The van der Waals surface area contributed by atoms with E-state index in [2.05, 4.69) is 4.74 Å². The van der Waals surface area contributed by atoms with Gasteiger partial charge in [-0.1, -0.05) is 0 Å². The van der Waals surface area contributed by atoms with Crippen molar-refractivity contribution in [3.8, 4) is 0 Å². The lowest BCUT2D eigenvalue weighted by Crippen LogP contribution is -2.44. The van der Waals surface area contributed by atoms with Gasteiger partial charge in [-0.15, -0.1) is 0 Å². The summed E-state index contributed by atoms with van der Waals surface area (Å²) in [5.74, 6) is -0.460. The normalized spacial score (nSPS) is 21.4. The molecule has 1 atom stereocenters. The summed E-state index contributed by atoms with van der Waals surface area (Å²) in [6.07, 6.45) is 0.477. The molecule has 0 aromatic heterocycles. The molecular formula is C11H20N2O5S. The van der Waals surface area contributed by atoms with E-state index in [4.69, 9.17) is 0 Å². The van der Waals surface area contributed by atoms with Crippen LogP contribution in [0.15, 0.2) is 0 Å². The van der Waals surface area contributed by atoms with Crippen LogP contribution in [0.5, 0.6) is 0 Å². The number of likely N-dealkylation sites (N-methyl/N-ethyl adjacent to an activating group) is 2. The van der Waals surface area contributed by atoms with Gasteiger partial charge in [-0.3, -0.25) is 14.5 Å². The van der Waals surface area contributed by atoms with Crippen molar-refractivity contribution in [3.05, 3.63) is 0 Å². The third kappa shape index (κ3) is 4.79. The van der Waals surface area contributed by atoms with E-state index in [9.17, 15) is 18.0 Å². The molecule has 1 fully saturated rings. The van der Waals surface area contributed by atoms with Gasteiger partial charge in [0.15, 0.2) is 9.84 Å². The number of sulfone groups is 1. The number of hydrogen-bond acceptors (Lipinski definition) is 6. The van der Waals surface area contributed by atoms with Crippen LogP contribution in [0.1, 0.15) is 6.42 Å². The molecule has 1 aliphatic rings. The maximum Gasteiger partial charge on any atom is 0.319 e. The second-order valence-electron chi connectivity index (χ2n) is 4.81. The quantitative estimate of drug-likeness (QED) is 0.588. The topological polar surface area (TPSA) is 84.0 Å².